The van der Waals surface area contributed by atoms with Crippen molar-refractivity contribution < 1.29 is 14.7 Å². The number of hydrogen-bond acceptors (Lipinski definition) is 3. The Hall–Kier alpha value is -1.10. The number of carbonyl (C=O) groups is 2. The van der Waals surface area contributed by atoms with Crippen LogP contribution in [0.2, 0.25) is 0 Å². The minimum Gasteiger partial charge on any atom is -0.386 e. The maximum atomic E-state index is 12.2. The molecular formula is C13H22N2O3. The molecule has 18 heavy (non-hydrogen) atoms. The number of hydrogen-bond donors (Lipinski definition) is 1. The van der Waals surface area contributed by atoms with E-state index >= 15 is 0 Å². The number of rotatable bonds is 4. The summed E-state index contributed by atoms with van der Waals surface area (Å²) < 4.78 is 0. The summed E-state index contributed by atoms with van der Waals surface area (Å²) in [6.45, 7) is 6.01. The Labute approximate surface area is 108 Å². The summed E-state index contributed by atoms with van der Waals surface area (Å²) in [5.41, 5.74) is -0.683. The summed E-state index contributed by atoms with van der Waals surface area (Å²) in [7, 11) is 0. The highest BCUT2D eigenvalue weighted by atomic mass is 16.3. The molecule has 0 bridgehead atoms. The van der Waals surface area contributed by atoms with Crippen molar-refractivity contribution in [2.24, 2.45) is 5.92 Å². The third-order valence-electron chi connectivity index (χ3n) is 3.94. The average molecular weight is 254 g/mol. The lowest BCUT2D eigenvalue weighted by Gasteiger charge is -2.47. The van der Waals surface area contributed by atoms with Crippen LogP contribution < -0.4 is 0 Å². The predicted octanol–water partition coefficient (Wildman–Crippen LogP) is 0.228. The first-order valence-electron chi connectivity index (χ1n) is 6.78. The van der Waals surface area contributed by atoms with E-state index < -0.39 is 5.60 Å². The molecule has 5 heteroatoms. The monoisotopic (exact) mass is 254 g/mol. The first-order chi connectivity index (χ1) is 8.49. The smallest absolute Gasteiger partial charge is 0.228 e. The van der Waals surface area contributed by atoms with Crippen LogP contribution in [0, 0.1) is 5.92 Å². The molecule has 0 aromatic rings. The second-order valence-corrected chi connectivity index (χ2v) is 5.50. The van der Waals surface area contributed by atoms with Crippen molar-refractivity contribution >= 4 is 11.8 Å². The van der Waals surface area contributed by atoms with Gasteiger partial charge in [0.05, 0.1) is 24.6 Å². The van der Waals surface area contributed by atoms with Gasteiger partial charge in [-0.25, -0.2) is 0 Å². The standard InChI is InChI=1S/C13H22N2O3/c1-3-5-13(18)8-15(9-13)12(17)10-6-11(16)14(4-2)7-10/h10,18H,3-9H2,1-2H3. The van der Waals surface area contributed by atoms with Gasteiger partial charge < -0.3 is 14.9 Å². The molecule has 2 aliphatic rings. The minimum absolute atomic E-state index is 0.0279. The van der Waals surface area contributed by atoms with Crippen molar-refractivity contribution in [1.82, 2.24) is 9.80 Å². The van der Waals surface area contributed by atoms with Gasteiger partial charge in [0, 0.05) is 19.5 Å². The molecule has 2 rings (SSSR count). The second-order valence-electron chi connectivity index (χ2n) is 5.50. The number of carbonyl (C=O) groups excluding carboxylic acids is 2. The molecule has 0 spiro atoms. The number of aliphatic hydroxyl groups is 1. The van der Waals surface area contributed by atoms with Crippen molar-refractivity contribution in [2.75, 3.05) is 26.2 Å². The molecule has 2 saturated heterocycles. The third kappa shape index (κ3) is 2.36. The zero-order valence-corrected chi connectivity index (χ0v) is 11.2. The molecule has 1 N–H and O–H groups in total. The fraction of sp³-hybridized carbons (Fsp3) is 0.846. The molecule has 0 aromatic heterocycles. The molecule has 0 radical (unpaired) electrons. The van der Waals surface area contributed by atoms with Crippen molar-refractivity contribution in [3.8, 4) is 0 Å². The Kier molecular flexibility index (Phi) is 3.61. The van der Waals surface area contributed by atoms with Crippen molar-refractivity contribution in [2.45, 2.75) is 38.7 Å². The average Bonchev–Trinajstić information content (AvgIpc) is 2.66. The van der Waals surface area contributed by atoms with Gasteiger partial charge >= 0.3 is 0 Å². The zero-order valence-electron chi connectivity index (χ0n) is 11.2. The highest BCUT2D eigenvalue weighted by Crippen LogP contribution is 2.29. The van der Waals surface area contributed by atoms with Crippen LogP contribution in [0.4, 0.5) is 0 Å². The van der Waals surface area contributed by atoms with E-state index in [4.69, 9.17) is 0 Å². The van der Waals surface area contributed by atoms with Gasteiger partial charge in [-0.1, -0.05) is 13.3 Å². The summed E-state index contributed by atoms with van der Waals surface area (Å²) in [4.78, 5) is 27.2. The molecule has 2 amide bonds. The van der Waals surface area contributed by atoms with Gasteiger partial charge in [0.1, 0.15) is 0 Å². The molecule has 1 atom stereocenters. The van der Waals surface area contributed by atoms with Crippen molar-refractivity contribution in [3.05, 3.63) is 0 Å². The normalized spacial score (nSPS) is 26.4. The van der Waals surface area contributed by atoms with E-state index in [1.54, 1.807) is 9.80 Å². The zero-order chi connectivity index (χ0) is 13.3. The summed E-state index contributed by atoms with van der Waals surface area (Å²) in [5.74, 6) is -0.108. The Balaban J connectivity index is 1.86. The van der Waals surface area contributed by atoms with Crippen LogP contribution >= 0.6 is 0 Å². The van der Waals surface area contributed by atoms with Gasteiger partial charge in [0.25, 0.3) is 0 Å². The maximum absolute atomic E-state index is 12.2. The van der Waals surface area contributed by atoms with E-state index in [9.17, 15) is 14.7 Å². The molecule has 5 nitrogen and oxygen atoms in total. The van der Waals surface area contributed by atoms with Gasteiger partial charge in [0.15, 0.2) is 0 Å². The van der Waals surface area contributed by atoms with Crippen LogP contribution in [0.25, 0.3) is 0 Å². The molecule has 0 aliphatic carbocycles. The van der Waals surface area contributed by atoms with Crippen LogP contribution in [0.5, 0.6) is 0 Å². The van der Waals surface area contributed by atoms with Crippen molar-refractivity contribution in [1.29, 1.82) is 0 Å². The quantitative estimate of drug-likeness (QED) is 0.781. The van der Waals surface area contributed by atoms with Crippen LogP contribution in [0.1, 0.15) is 33.1 Å². The molecule has 1 unspecified atom stereocenters. The van der Waals surface area contributed by atoms with E-state index in [2.05, 4.69) is 0 Å². The number of amides is 2. The molecule has 2 fully saturated rings. The molecule has 2 heterocycles. The largest absolute Gasteiger partial charge is 0.386 e. The molecule has 0 aromatic carbocycles. The lowest BCUT2D eigenvalue weighted by Crippen LogP contribution is -2.64. The summed E-state index contributed by atoms with van der Waals surface area (Å²) >= 11 is 0. The van der Waals surface area contributed by atoms with E-state index in [0.29, 0.717) is 32.6 Å². The Morgan fingerprint density at radius 1 is 1.44 bits per heavy atom. The lowest BCUT2D eigenvalue weighted by molar-refractivity contribution is -0.160. The number of β-amino-alcohol motifs (C(OH)–C–C–N with tert-alkyl or cyclic N) is 1. The molecule has 102 valence electrons. The summed E-state index contributed by atoms with van der Waals surface area (Å²) in [6, 6.07) is 0. The minimum atomic E-state index is -0.683. The van der Waals surface area contributed by atoms with Crippen LogP contribution in [-0.4, -0.2) is 58.5 Å². The number of nitrogens with zero attached hydrogens (tertiary/aromatic N) is 2. The highest BCUT2D eigenvalue weighted by Gasteiger charge is 2.46. The van der Waals surface area contributed by atoms with Crippen molar-refractivity contribution in [3.63, 3.8) is 0 Å². The van der Waals surface area contributed by atoms with E-state index in [0.717, 1.165) is 12.8 Å². The molecular weight excluding hydrogens is 232 g/mol. The van der Waals surface area contributed by atoms with Crippen LogP contribution in [0.3, 0.4) is 0 Å². The summed E-state index contributed by atoms with van der Waals surface area (Å²) in [6.07, 6.45) is 1.99. The summed E-state index contributed by atoms with van der Waals surface area (Å²) in [5, 5.41) is 10.1. The maximum Gasteiger partial charge on any atom is 0.228 e. The van der Waals surface area contributed by atoms with E-state index in [1.165, 1.54) is 0 Å². The third-order valence-corrected chi connectivity index (χ3v) is 3.94. The topological polar surface area (TPSA) is 60.9 Å². The fourth-order valence-corrected chi connectivity index (χ4v) is 2.94. The van der Waals surface area contributed by atoms with Crippen LogP contribution in [-0.2, 0) is 9.59 Å². The fourth-order valence-electron chi connectivity index (χ4n) is 2.94. The van der Waals surface area contributed by atoms with E-state index in [1.807, 2.05) is 13.8 Å². The van der Waals surface area contributed by atoms with E-state index in [-0.39, 0.29) is 17.7 Å². The first-order valence-corrected chi connectivity index (χ1v) is 6.78. The second kappa shape index (κ2) is 4.88. The van der Waals surface area contributed by atoms with Gasteiger partial charge in [-0.15, -0.1) is 0 Å². The Morgan fingerprint density at radius 3 is 2.61 bits per heavy atom. The Bertz CT molecular complexity index is 350. The first kappa shape index (κ1) is 13.3. The SMILES string of the molecule is CCCC1(O)CN(C(=O)C2CC(=O)N(CC)C2)C1. The highest BCUT2D eigenvalue weighted by molar-refractivity contribution is 5.89. The van der Waals surface area contributed by atoms with Gasteiger partial charge in [-0.2, -0.15) is 0 Å². The number of likely N-dealkylation sites (tertiary alicyclic amines) is 2. The van der Waals surface area contributed by atoms with Gasteiger partial charge in [-0.05, 0) is 13.3 Å². The lowest BCUT2D eigenvalue weighted by atomic mass is 9.88. The van der Waals surface area contributed by atoms with Gasteiger partial charge in [-0.3, -0.25) is 9.59 Å². The predicted molar refractivity (Wildman–Crippen MR) is 66.8 cm³/mol. The van der Waals surface area contributed by atoms with Gasteiger partial charge in [0.2, 0.25) is 11.8 Å². The Morgan fingerprint density at radius 2 is 2.11 bits per heavy atom. The molecule has 0 saturated carbocycles. The van der Waals surface area contributed by atoms with Crippen LogP contribution in [0.15, 0.2) is 0 Å². The molecule has 2 aliphatic heterocycles.